The van der Waals surface area contributed by atoms with E-state index in [2.05, 4.69) is 4.98 Å². The number of rotatable bonds is 2. The van der Waals surface area contributed by atoms with Crippen molar-refractivity contribution in [2.24, 2.45) is 0 Å². The van der Waals surface area contributed by atoms with Crippen LogP contribution in [0.25, 0.3) is 0 Å². The van der Waals surface area contributed by atoms with Crippen LogP contribution in [0.4, 0.5) is 5.95 Å². The molecule has 2 aromatic rings. The zero-order valence-corrected chi connectivity index (χ0v) is 9.30. The Hall–Kier alpha value is -2.17. The van der Waals surface area contributed by atoms with Crippen molar-refractivity contribution in [2.45, 2.75) is 6.54 Å². The van der Waals surface area contributed by atoms with Crippen molar-refractivity contribution in [2.75, 3.05) is 18.9 Å². The summed E-state index contributed by atoms with van der Waals surface area (Å²) in [5.74, 6) is 2.12. The average Bonchev–Trinajstić information content (AvgIpc) is 2.75. The topological polar surface area (TPSA) is 62.3 Å². The molecular formula is C12H13N3O2. The van der Waals surface area contributed by atoms with Gasteiger partial charge in [-0.1, -0.05) is 6.07 Å². The van der Waals surface area contributed by atoms with Gasteiger partial charge in [0.25, 0.3) is 0 Å². The molecule has 5 heteroatoms. The normalized spacial score (nSPS) is 13.6. The zero-order valence-electron chi connectivity index (χ0n) is 9.30. The van der Waals surface area contributed by atoms with Gasteiger partial charge >= 0.3 is 0 Å². The first-order chi connectivity index (χ1) is 8.33. The standard InChI is InChI=1S/C12H13N3O2/c13-12-14-3-4-15(12)8-9-1-2-10-11(7-9)17-6-5-16-10/h1-4,7H,5-6,8H2,(H2,13,14). The lowest BCUT2D eigenvalue weighted by Gasteiger charge is -2.19. The van der Waals surface area contributed by atoms with E-state index in [0.29, 0.717) is 25.7 Å². The van der Waals surface area contributed by atoms with E-state index in [4.69, 9.17) is 15.2 Å². The number of nitrogens with zero attached hydrogens (tertiary/aromatic N) is 2. The fraction of sp³-hybridized carbons (Fsp3) is 0.250. The van der Waals surface area contributed by atoms with Crippen molar-refractivity contribution in [3.05, 3.63) is 36.2 Å². The van der Waals surface area contributed by atoms with E-state index in [1.54, 1.807) is 6.20 Å². The Morgan fingerprint density at radius 1 is 1.24 bits per heavy atom. The van der Waals surface area contributed by atoms with Crippen molar-refractivity contribution in [1.82, 2.24) is 9.55 Å². The predicted molar refractivity (Wildman–Crippen MR) is 63.2 cm³/mol. The van der Waals surface area contributed by atoms with E-state index in [0.717, 1.165) is 17.1 Å². The highest BCUT2D eigenvalue weighted by Crippen LogP contribution is 2.31. The number of hydrogen-bond acceptors (Lipinski definition) is 4. The monoisotopic (exact) mass is 231 g/mol. The Bertz CT molecular complexity index is 536. The summed E-state index contributed by atoms with van der Waals surface area (Å²) in [6.07, 6.45) is 3.54. The predicted octanol–water partition coefficient (Wildman–Crippen LogP) is 1.28. The van der Waals surface area contributed by atoms with Crippen LogP contribution in [0.5, 0.6) is 11.5 Å². The molecule has 2 N–H and O–H groups in total. The molecule has 2 heterocycles. The highest BCUT2D eigenvalue weighted by atomic mass is 16.6. The summed E-state index contributed by atoms with van der Waals surface area (Å²) in [5.41, 5.74) is 6.83. The smallest absolute Gasteiger partial charge is 0.200 e. The van der Waals surface area contributed by atoms with Gasteiger partial charge in [-0.2, -0.15) is 0 Å². The summed E-state index contributed by atoms with van der Waals surface area (Å²) < 4.78 is 12.9. The Balaban J connectivity index is 1.87. The molecular weight excluding hydrogens is 218 g/mol. The van der Waals surface area contributed by atoms with Crippen molar-refractivity contribution in [1.29, 1.82) is 0 Å². The number of hydrogen-bond donors (Lipinski definition) is 1. The summed E-state index contributed by atoms with van der Waals surface area (Å²) in [4.78, 5) is 3.99. The Labute approximate surface area is 98.8 Å². The third kappa shape index (κ3) is 1.91. The molecule has 0 saturated carbocycles. The number of fused-ring (bicyclic) bond motifs is 1. The number of anilines is 1. The molecule has 0 unspecified atom stereocenters. The molecule has 0 fully saturated rings. The summed E-state index contributed by atoms with van der Waals surface area (Å²) in [7, 11) is 0. The molecule has 1 aliphatic rings. The van der Waals surface area contributed by atoms with Crippen LogP contribution < -0.4 is 15.2 Å². The second kappa shape index (κ2) is 4.01. The van der Waals surface area contributed by atoms with Crippen molar-refractivity contribution >= 4 is 5.95 Å². The van der Waals surface area contributed by atoms with E-state index in [9.17, 15) is 0 Å². The second-order valence-corrected chi connectivity index (χ2v) is 3.89. The molecule has 0 saturated heterocycles. The minimum Gasteiger partial charge on any atom is -0.486 e. The lowest BCUT2D eigenvalue weighted by molar-refractivity contribution is 0.171. The molecule has 5 nitrogen and oxygen atoms in total. The highest BCUT2D eigenvalue weighted by Gasteiger charge is 2.11. The lowest BCUT2D eigenvalue weighted by Crippen LogP contribution is -2.15. The molecule has 0 aliphatic carbocycles. The summed E-state index contributed by atoms with van der Waals surface area (Å²) in [6.45, 7) is 1.90. The molecule has 17 heavy (non-hydrogen) atoms. The largest absolute Gasteiger partial charge is 0.486 e. The number of ether oxygens (including phenoxy) is 2. The minimum atomic E-state index is 0.514. The van der Waals surface area contributed by atoms with Crippen LogP contribution >= 0.6 is 0 Å². The average molecular weight is 231 g/mol. The van der Waals surface area contributed by atoms with Gasteiger partial charge < -0.3 is 19.8 Å². The fourth-order valence-electron chi connectivity index (χ4n) is 1.86. The van der Waals surface area contributed by atoms with Crippen LogP contribution in [0.3, 0.4) is 0 Å². The molecule has 0 radical (unpaired) electrons. The number of benzene rings is 1. The quantitative estimate of drug-likeness (QED) is 0.845. The zero-order chi connectivity index (χ0) is 11.7. The third-order valence-electron chi connectivity index (χ3n) is 2.71. The molecule has 88 valence electrons. The van der Waals surface area contributed by atoms with E-state index >= 15 is 0 Å². The summed E-state index contributed by atoms with van der Waals surface area (Å²) in [5, 5.41) is 0. The first-order valence-corrected chi connectivity index (χ1v) is 5.48. The van der Waals surface area contributed by atoms with Crippen molar-refractivity contribution < 1.29 is 9.47 Å². The fourth-order valence-corrected chi connectivity index (χ4v) is 1.86. The number of nitrogens with two attached hydrogens (primary N) is 1. The van der Waals surface area contributed by atoms with Gasteiger partial charge in [0, 0.05) is 12.4 Å². The van der Waals surface area contributed by atoms with E-state index in [-0.39, 0.29) is 0 Å². The maximum Gasteiger partial charge on any atom is 0.200 e. The van der Waals surface area contributed by atoms with E-state index < -0.39 is 0 Å². The number of imidazole rings is 1. The molecule has 1 aromatic heterocycles. The molecule has 0 amide bonds. The van der Waals surface area contributed by atoms with E-state index in [1.165, 1.54) is 0 Å². The van der Waals surface area contributed by atoms with Crippen molar-refractivity contribution in [3.8, 4) is 11.5 Å². The summed E-state index contributed by atoms with van der Waals surface area (Å²) in [6, 6.07) is 5.91. The van der Waals surface area contributed by atoms with E-state index in [1.807, 2.05) is 29.0 Å². The van der Waals surface area contributed by atoms with Gasteiger partial charge in [0.05, 0.1) is 6.54 Å². The molecule has 0 atom stereocenters. The van der Waals surface area contributed by atoms with Crippen LogP contribution in [0.15, 0.2) is 30.6 Å². The van der Waals surface area contributed by atoms with Gasteiger partial charge in [0.15, 0.2) is 17.4 Å². The molecule has 1 aromatic carbocycles. The van der Waals surface area contributed by atoms with Crippen molar-refractivity contribution in [3.63, 3.8) is 0 Å². The van der Waals surface area contributed by atoms with Gasteiger partial charge in [0.1, 0.15) is 13.2 Å². The maximum absolute atomic E-state index is 5.72. The van der Waals surface area contributed by atoms with Gasteiger partial charge in [-0.05, 0) is 17.7 Å². The van der Waals surface area contributed by atoms with Crippen LogP contribution in [-0.2, 0) is 6.54 Å². The molecule has 0 bridgehead atoms. The van der Waals surface area contributed by atoms with Crippen LogP contribution in [0.1, 0.15) is 5.56 Å². The van der Waals surface area contributed by atoms with Crippen LogP contribution in [0, 0.1) is 0 Å². The van der Waals surface area contributed by atoms with Gasteiger partial charge in [-0.3, -0.25) is 0 Å². The van der Waals surface area contributed by atoms with Crippen LogP contribution in [-0.4, -0.2) is 22.8 Å². The molecule has 0 spiro atoms. The second-order valence-electron chi connectivity index (χ2n) is 3.89. The number of nitrogen functional groups attached to an aromatic ring is 1. The Morgan fingerprint density at radius 3 is 2.82 bits per heavy atom. The number of aromatic nitrogens is 2. The minimum absolute atomic E-state index is 0.514. The SMILES string of the molecule is Nc1nccn1Cc1ccc2c(c1)OCCO2. The molecule has 1 aliphatic heterocycles. The lowest BCUT2D eigenvalue weighted by atomic mass is 10.2. The first kappa shape index (κ1) is 10.0. The van der Waals surface area contributed by atoms with Gasteiger partial charge in [-0.25, -0.2) is 4.98 Å². The maximum atomic E-state index is 5.72. The summed E-state index contributed by atoms with van der Waals surface area (Å²) >= 11 is 0. The van der Waals surface area contributed by atoms with Gasteiger partial charge in [0.2, 0.25) is 0 Å². The third-order valence-corrected chi connectivity index (χ3v) is 2.71. The van der Waals surface area contributed by atoms with Gasteiger partial charge in [-0.15, -0.1) is 0 Å². The van der Waals surface area contributed by atoms with Crippen LogP contribution in [0.2, 0.25) is 0 Å². The Kier molecular flexibility index (Phi) is 2.36. The highest BCUT2D eigenvalue weighted by molar-refractivity contribution is 5.44. The first-order valence-electron chi connectivity index (χ1n) is 5.48. The molecule has 3 rings (SSSR count). The Morgan fingerprint density at radius 2 is 2.06 bits per heavy atom.